The summed E-state index contributed by atoms with van der Waals surface area (Å²) in [6.45, 7) is 0. The van der Waals surface area contributed by atoms with Gasteiger partial charge in [-0.25, -0.2) is 12.8 Å². The Balaban J connectivity index is 2.37. The summed E-state index contributed by atoms with van der Waals surface area (Å²) in [7, 11) is -4.80. The molecule has 0 aromatic heterocycles. The van der Waals surface area contributed by atoms with Gasteiger partial charge in [-0.2, -0.15) is 0 Å². The molecule has 1 amide bonds. The van der Waals surface area contributed by atoms with Crippen molar-refractivity contribution in [2.45, 2.75) is 4.90 Å². The molecule has 0 saturated heterocycles. The Labute approximate surface area is 135 Å². The number of anilines is 1. The Morgan fingerprint density at radius 2 is 1.68 bits per heavy atom. The van der Waals surface area contributed by atoms with Gasteiger partial charge in [0.25, 0.3) is 5.91 Å². The van der Waals surface area contributed by atoms with Crippen molar-refractivity contribution in [3.63, 3.8) is 0 Å². The third-order valence-corrected chi connectivity index (χ3v) is 3.86. The molecule has 0 aliphatic heterocycles. The number of amides is 1. The summed E-state index contributed by atoms with van der Waals surface area (Å²) in [5.74, 6) is -1.92. The van der Waals surface area contributed by atoms with Crippen LogP contribution >= 0.6 is 23.2 Å². The van der Waals surface area contributed by atoms with Gasteiger partial charge in [0, 0.05) is 15.7 Å². The van der Waals surface area contributed by atoms with Gasteiger partial charge in [0.05, 0.1) is 10.5 Å². The molecule has 2 aromatic rings. The van der Waals surface area contributed by atoms with Crippen molar-refractivity contribution in [2.75, 3.05) is 5.32 Å². The first-order valence-corrected chi connectivity index (χ1v) is 7.86. The summed E-state index contributed by atoms with van der Waals surface area (Å²) in [5.41, 5.74) is -0.398. The second-order valence-electron chi connectivity index (χ2n) is 4.21. The molecule has 5 nitrogen and oxygen atoms in total. The zero-order chi connectivity index (χ0) is 16.5. The average Bonchev–Trinajstić information content (AvgIpc) is 2.36. The molecule has 0 fully saturated rings. The highest BCUT2D eigenvalue weighted by molar-refractivity contribution is 7.85. The van der Waals surface area contributed by atoms with E-state index in [0.717, 1.165) is 12.1 Å². The number of rotatable bonds is 3. The van der Waals surface area contributed by atoms with E-state index in [1.807, 2.05) is 0 Å². The van der Waals surface area contributed by atoms with Gasteiger partial charge in [-0.05, 0) is 36.4 Å². The van der Waals surface area contributed by atoms with Crippen molar-refractivity contribution < 1.29 is 22.2 Å². The molecule has 1 N–H and O–H groups in total. The third-order valence-electron chi connectivity index (χ3n) is 2.59. The lowest BCUT2D eigenvalue weighted by atomic mass is 10.2. The first-order chi connectivity index (χ1) is 10.2. The minimum absolute atomic E-state index is 0.192. The van der Waals surface area contributed by atoms with Crippen LogP contribution in [0, 0.1) is 5.82 Å². The lowest BCUT2D eigenvalue weighted by Gasteiger charge is -2.11. The molecule has 0 bridgehead atoms. The predicted octanol–water partition coefficient (Wildman–Crippen LogP) is 3.29. The number of benzene rings is 2. The molecule has 2 rings (SSSR count). The maximum absolute atomic E-state index is 13.7. The van der Waals surface area contributed by atoms with Crippen molar-refractivity contribution in [3.05, 3.63) is 57.8 Å². The molecule has 0 aliphatic rings. The van der Waals surface area contributed by atoms with Gasteiger partial charge in [-0.15, -0.1) is 0 Å². The smallest absolute Gasteiger partial charge is 0.258 e. The van der Waals surface area contributed by atoms with E-state index in [0.29, 0.717) is 6.07 Å². The van der Waals surface area contributed by atoms with Gasteiger partial charge in [0.1, 0.15) is 15.9 Å². The number of hydrogen-bond acceptors (Lipinski definition) is 4. The summed E-state index contributed by atoms with van der Waals surface area (Å²) in [6.07, 6.45) is 0. The topological polar surface area (TPSA) is 86.3 Å². The van der Waals surface area contributed by atoms with Crippen LogP contribution in [0.5, 0.6) is 0 Å². The molecule has 0 unspecified atom stereocenters. The fraction of sp³-hybridized carbons (Fsp3) is 0. The zero-order valence-electron chi connectivity index (χ0n) is 10.6. The van der Waals surface area contributed by atoms with E-state index in [9.17, 15) is 22.2 Å². The van der Waals surface area contributed by atoms with Crippen LogP contribution < -0.4 is 5.32 Å². The monoisotopic (exact) mass is 362 g/mol. The van der Waals surface area contributed by atoms with E-state index in [4.69, 9.17) is 23.2 Å². The van der Waals surface area contributed by atoms with Crippen LogP contribution in [0.3, 0.4) is 0 Å². The first kappa shape index (κ1) is 16.7. The highest BCUT2D eigenvalue weighted by atomic mass is 35.5. The minimum Gasteiger partial charge on any atom is -0.744 e. The van der Waals surface area contributed by atoms with Crippen LogP contribution in [0.15, 0.2) is 41.3 Å². The Morgan fingerprint density at radius 3 is 2.23 bits per heavy atom. The van der Waals surface area contributed by atoms with Crippen LogP contribution in [0.4, 0.5) is 10.1 Å². The molecule has 0 spiro atoms. The maximum Gasteiger partial charge on any atom is 0.258 e. The molecule has 22 heavy (non-hydrogen) atoms. The average molecular weight is 363 g/mol. The van der Waals surface area contributed by atoms with Crippen molar-refractivity contribution in [1.29, 1.82) is 0 Å². The minimum atomic E-state index is -4.80. The Bertz CT molecular complexity index is 835. The van der Waals surface area contributed by atoms with Crippen LogP contribution in [0.1, 0.15) is 10.4 Å². The molecule has 2 aromatic carbocycles. The molecule has 0 radical (unpaired) electrons. The molecule has 0 heterocycles. The van der Waals surface area contributed by atoms with Crippen LogP contribution in [-0.4, -0.2) is 18.9 Å². The lowest BCUT2D eigenvalue weighted by molar-refractivity contribution is 0.102. The lowest BCUT2D eigenvalue weighted by Crippen LogP contribution is -2.15. The molecule has 0 atom stereocenters. The van der Waals surface area contributed by atoms with E-state index < -0.39 is 32.3 Å². The second-order valence-corrected chi connectivity index (χ2v) is 6.46. The molecule has 9 heteroatoms. The standard InChI is InChI=1S/C13H8Cl2FNO4S/c14-7-3-8(15)5-9(4-7)17-13(18)11-6-10(22(19,20)21)1-2-12(11)16/h1-6H,(H,17,18)(H,19,20,21)/p-1. The van der Waals surface area contributed by atoms with Gasteiger partial charge in [0.2, 0.25) is 0 Å². The van der Waals surface area contributed by atoms with Gasteiger partial charge in [-0.1, -0.05) is 23.2 Å². The fourth-order valence-corrected chi connectivity index (χ4v) is 2.68. The SMILES string of the molecule is O=C(Nc1cc(Cl)cc(Cl)c1)c1cc(S(=O)(=O)[O-])ccc1F. The summed E-state index contributed by atoms with van der Waals surface area (Å²) >= 11 is 11.5. The molecule has 116 valence electrons. The number of nitrogens with one attached hydrogen (secondary N) is 1. The van der Waals surface area contributed by atoms with Gasteiger partial charge >= 0.3 is 0 Å². The van der Waals surface area contributed by atoms with E-state index in [1.54, 1.807) is 0 Å². The van der Waals surface area contributed by atoms with Crippen LogP contribution in [0.2, 0.25) is 10.0 Å². The highest BCUT2D eigenvalue weighted by Crippen LogP contribution is 2.23. The second kappa shape index (κ2) is 6.21. The Morgan fingerprint density at radius 1 is 1.09 bits per heavy atom. The highest BCUT2D eigenvalue weighted by Gasteiger charge is 2.15. The molecule has 0 saturated carbocycles. The number of halogens is 3. The van der Waals surface area contributed by atoms with E-state index >= 15 is 0 Å². The number of hydrogen-bond donors (Lipinski definition) is 1. The van der Waals surface area contributed by atoms with Gasteiger partial charge in [-0.3, -0.25) is 4.79 Å². The summed E-state index contributed by atoms with van der Waals surface area (Å²) in [5, 5.41) is 2.81. The largest absolute Gasteiger partial charge is 0.744 e. The van der Waals surface area contributed by atoms with Gasteiger partial charge in [0.15, 0.2) is 0 Å². The van der Waals surface area contributed by atoms with Gasteiger partial charge < -0.3 is 9.87 Å². The first-order valence-electron chi connectivity index (χ1n) is 5.70. The van der Waals surface area contributed by atoms with E-state index in [-0.39, 0.29) is 15.7 Å². The normalized spacial score (nSPS) is 11.3. The fourth-order valence-electron chi connectivity index (χ4n) is 1.66. The number of carbonyl (C=O) groups is 1. The van der Waals surface area contributed by atoms with Crippen molar-refractivity contribution in [2.24, 2.45) is 0 Å². The summed E-state index contributed by atoms with van der Waals surface area (Å²) in [6, 6.07) is 6.35. The Hall–Kier alpha value is -1.67. The molecular formula is C13H7Cl2FNO4S-. The number of carbonyl (C=O) groups excluding carboxylic acids is 1. The van der Waals surface area contributed by atoms with Crippen LogP contribution in [-0.2, 0) is 10.1 Å². The Kier molecular flexibility index (Phi) is 4.72. The zero-order valence-corrected chi connectivity index (χ0v) is 13.0. The van der Waals surface area contributed by atoms with Crippen molar-refractivity contribution in [3.8, 4) is 0 Å². The predicted molar refractivity (Wildman–Crippen MR) is 78.8 cm³/mol. The van der Waals surface area contributed by atoms with Crippen LogP contribution in [0.25, 0.3) is 0 Å². The summed E-state index contributed by atoms with van der Waals surface area (Å²) in [4.78, 5) is 11.3. The third kappa shape index (κ3) is 3.95. The molecular weight excluding hydrogens is 356 g/mol. The van der Waals surface area contributed by atoms with E-state index in [1.165, 1.54) is 18.2 Å². The van der Waals surface area contributed by atoms with Crippen molar-refractivity contribution in [1.82, 2.24) is 0 Å². The summed E-state index contributed by atoms with van der Waals surface area (Å²) < 4.78 is 46.4. The molecule has 0 aliphatic carbocycles. The maximum atomic E-state index is 13.7. The van der Waals surface area contributed by atoms with Crippen molar-refractivity contribution >= 4 is 44.9 Å². The quantitative estimate of drug-likeness (QED) is 0.848. The van der Waals surface area contributed by atoms with E-state index in [2.05, 4.69) is 5.32 Å².